The van der Waals surface area contributed by atoms with Gasteiger partial charge in [-0.05, 0) is 42.8 Å². The second-order valence-corrected chi connectivity index (χ2v) is 4.64. The molecule has 0 saturated heterocycles. The van der Waals surface area contributed by atoms with E-state index in [1.807, 2.05) is 12.1 Å². The molecule has 0 aliphatic rings. The Morgan fingerprint density at radius 1 is 1.29 bits per heavy atom. The summed E-state index contributed by atoms with van der Waals surface area (Å²) in [5, 5.41) is 12.1. The zero-order chi connectivity index (χ0) is 15.2. The summed E-state index contributed by atoms with van der Waals surface area (Å²) in [5.41, 5.74) is 7.58. The van der Waals surface area contributed by atoms with Crippen LogP contribution in [0.5, 0.6) is 11.5 Å². The van der Waals surface area contributed by atoms with Crippen LogP contribution in [0.2, 0.25) is 0 Å². The lowest BCUT2D eigenvalue weighted by molar-refractivity contribution is 0.0946. The normalized spacial score (nSPS) is 10.1. The highest BCUT2D eigenvalue weighted by atomic mass is 16.5. The van der Waals surface area contributed by atoms with Gasteiger partial charge >= 0.3 is 0 Å². The van der Waals surface area contributed by atoms with Crippen LogP contribution < -0.4 is 15.8 Å². The van der Waals surface area contributed by atoms with Crippen molar-refractivity contribution in [2.75, 3.05) is 18.9 Å². The Morgan fingerprint density at radius 2 is 2.05 bits per heavy atom. The smallest absolute Gasteiger partial charge is 0.251 e. The summed E-state index contributed by atoms with van der Waals surface area (Å²) in [4.78, 5) is 12.0. The van der Waals surface area contributed by atoms with E-state index in [-0.39, 0.29) is 11.7 Å². The fourth-order valence-corrected chi connectivity index (χ4v) is 1.94. The molecule has 110 valence electrons. The molecule has 4 N–H and O–H groups in total. The van der Waals surface area contributed by atoms with Crippen LogP contribution in [0.3, 0.4) is 0 Å². The highest BCUT2D eigenvalue weighted by Gasteiger charge is 2.08. The molecular weight excluding hydrogens is 268 g/mol. The summed E-state index contributed by atoms with van der Waals surface area (Å²) in [5.74, 6) is 0.552. The van der Waals surface area contributed by atoms with E-state index in [0.717, 1.165) is 5.56 Å². The minimum Gasteiger partial charge on any atom is -0.508 e. The monoisotopic (exact) mass is 286 g/mol. The highest BCUT2D eigenvalue weighted by Crippen LogP contribution is 2.19. The van der Waals surface area contributed by atoms with Gasteiger partial charge in [-0.15, -0.1) is 0 Å². The first-order chi connectivity index (χ1) is 10.1. The lowest BCUT2D eigenvalue weighted by Gasteiger charge is -2.10. The van der Waals surface area contributed by atoms with Crippen LogP contribution in [0.25, 0.3) is 0 Å². The van der Waals surface area contributed by atoms with Gasteiger partial charge in [0.1, 0.15) is 18.1 Å². The number of anilines is 1. The Kier molecular flexibility index (Phi) is 4.66. The molecule has 1 amide bonds. The predicted octanol–water partition coefficient (Wildman–Crippen LogP) is 2.09. The largest absolute Gasteiger partial charge is 0.508 e. The van der Waals surface area contributed by atoms with Crippen molar-refractivity contribution in [3.8, 4) is 11.5 Å². The zero-order valence-corrected chi connectivity index (χ0v) is 11.8. The van der Waals surface area contributed by atoms with Gasteiger partial charge in [0.25, 0.3) is 5.91 Å². The van der Waals surface area contributed by atoms with Gasteiger partial charge in [-0.3, -0.25) is 4.79 Å². The van der Waals surface area contributed by atoms with Crippen molar-refractivity contribution >= 4 is 11.6 Å². The number of carbonyl (C=O) groups excluding carboxylic acids is 1. The number of benzene rings is 2. The zero-order valence-electron chi connectivity index (χ0n) is 11.8. The van der Waals surface area contributed by atoms with Crippen LogP contribution in [0, 0.1) is 6.92 Å². The number of ether oxygens (including phenoxy) is 1. The lowest BCUT2D eigenvalue weighted by atomic mass is 10.1. The second-order valence-electron chi connectivity index (χ2n) is 4.64. The Bertz CT molecular complexity index is 641. The number of nitrogens with one attached hydrogen (secondary N) is 1. The van der Waals surface area contributed by atoms with Crippen LogP contribution in [-0.2, 0) is 0 Å². The van der Waals surface area contributed by atoms with Gasteiger partial charge in [0, 0.05) is 5.56 Å². The van der Waals surface area contributed by atoms with Gasteiger partial charge < -0.3 is 20.9 Å². The Labute approximate surface area is 123 Å². The fourth-order valence-electron chi connectivity index (χ4n) is 1.94. The van der Waals surface area contributed by atoms with E-state index in [1.54, 1.807) is 31.2 Å². The number of hydrogen-bond donors (Lipinski definition) is 3. The van der Waals surface area contributed by atoms with E-state index in [1.165, 1.54) is 6.07 Å². The van der Waals surface area contributed by atoms with Gasteiger partial charge in [-0.2, -0.15) is 0 Å². The molecule has 0 saturated carbocycles. The van der Waals surface area contributed by atoms with Crippen molar-refractivity contribution in [3.05, 3.63) is 53.6 Å². The third kappa shape index (κ3) is 3.89. The van der Waals surface area contributed by atoms with Gasteiger partial charge in [-0.1, -0.05) is 12.1 Å². The maximum absolute atomic E-state index is 12.0. The summed E-state index contributed by atoms with van der Waals surface area (Å²) < 4.78 is 5.49. The molecule has 0 unspecified atom stereocenters. The minimum absolute atomic E-state index is 0.145. The number of hydrogen-bond acceptors (Lipinski definition) is 4. The average Bonchev–Trinajstić information content (AvgIpc) is 2.45. The van der Waals surface area contributed by atoms with Crippen LogP contribution in [0.4, 0.5) is 5.69 Å². The molecule has 2 aromatic rings. The quantitative estimate of drug-likeness (QED) is 0.580. The van der Waals surface area contributed by atoms with Crippen LogP contribution >= 0.6 is 0 Å². The van der Waals surface area contributed by atoms with E-state index in [2.05, 4.69) is 5.32 Å². The van der Waals surface area contributed by atoms with Crippen molar-refractivity contribution < 1.29 is 14.6 Å². The average molecular weight is 286 g/mol. The van der Waals surface area contributed by atoms with Crippen LogP contribution in [0.1, 0.15) is 15.9 Å². The summed E-state index contributed by atoms with van der Waals surface area (Å²) >= 11 is 0. The molecule has 0 radical (unpaired) electrons. The number of carbonyl (C=O) groups is 1. The fraction of sp³-hybridized carbons (Fsp3) is 0.188. The molecule has 5 heteroatoms. The number of nitrogens with two attached hydrogens (primary N) is 1. The van der Waals surface area contributed by atoms with Crippen molar-refractivity contribution in [1.29, 1.82) is 0 Å². The summed E-state index contributed by atoms with van der Waals surface area (Å²) in [7, 11) is 0. The van der Waals surface area contributed by atoms with Crippen molar-refractivity contribution in [2.24, 2.45) is 0 Å². The molecule has 0 bridgehead atoms. The number of aryl methyl sites for hydroxylation is 1. The number of phenols is 1. The molecule has 0 aliphatic heterocycles. The maximum Gasteiger partial charge on any atom is 0.251 e. The van der Waals surface area contributed by atoms with Gasteiger partial charge in [0.15, 0.2) is 0 Å². The Morgan fingerprint density at radius 3 is 2.76 bits per heavy atom. The van der Waals surface area contributed by atoms with Crippen molar-refractivity contribution in [2.45, 2.75) is 6.92 Å². The Hall–Kier alpha value is -2.69. The molecule has 2 rings (SSSR count). The van der Waals surface area contributed by atoms with Gasteiger partial charge in [0.05, 0.1) is 12.2 Å². The molecule has 0 fully saturated rings. The first-order valence-electron chi connectivity index (χ1n) is 6.63. The second kappa shape index (κ2) is 6.65. The van der Waals surface area contributed by atoms with Crippen molar-refractivity contribution in [3.63, 3.8) is 0 Å². The topological polar surface area (TPSA) is 84.6 Å². The first kappa shape index (κ1) is 14.7. The van der Waals surface area contributed by atoms with E-state index in [0.29, 0.717) is 30.2 Å². The van der Waals surface area contributed by atoms with E-state index >= 15 is 0 Å². The third-order valence-electron chi connectivity index (χ3n) is 3.02. The third-order valence-corrected chi connectivity index (χ3v) is 3.02. The minimum atomic E-state index is -0.197. The van der Waals surface area contributed by atoms with Gasteiger partial charge in [0.2, 0.25) is 0 Å². The maximum atomic E-state index is 12.0. The number of aromatic hydroxyl groups is 1. The first-order valence-corrected chi connectivity index (χ1v) is 6.63. The number of rotatable bonds is 5. The van der Waals surface area contributed by atoms with E-state index in [4.69, 9.17) is 10.5 Å². The number of amides is 1. The van der Waals surface area contributed by atoms with Crippen LogP contribution in [0.15, 0.2) is 42.5 Å². The summed E-state index contributed by atoms with van der Waals surface area (Å²) in [6.45, 7) is 2.47. The molecule has 5 nitrogen and oxygen atoms in total. The van der Waals surface area contributed by atoms with E-state index in [9.17, 15) is 9.90 Å². The lowest BCUT2D eigenvalue weighted by Crippen LogP contribution is -2.28. The Balaban J connectivity index is 1.83. The molecule has 0 aliphatic carbocycles. The molecular formula is C16H18N2O3. The predicted molar refractivity (Wildman–Crippen MR) is 81.5 cm³/mol. The number of nitrogen functional groups attached to an aromatic ring is 1. The standard InChI is InChI=1S/C16H18N2O3/c1-11-10-12(19)6-7-13(11)16(20)18-8-9-21-15-5-3-2-4-14(15)17/h2-7,10,19H,8-9,17H2,1H3,(H,18,20). The molecule has 0 spiro atoms. The molecule has 21 heavy (non-hydrogen) atoms. The molecule has 2 aromatic carbocycles. The molecule has 0 aromatic heterocycles. The number of phenolic OH excluding ortho intramolecular Hbond substituents is 1. The van der Waals surface area contributed by atoms with Crippen molar-refractivity contribution in [1.82, 2.24) is 5.32 Å². The van der Waals surface area contributed by atoms with E-state index < -0.39 is 0 Å². The summed E-state index contributed by atoms with van der Waals surface area (Å²) in [6.07, 6.45) is 0. The van der Waals surface area contributed by atoms with Crippen LogP contribution in [-0.4, -0.2) is 24.2 Å². The molecule has 0 atom stereocenters. The number of para-hydroxylation sites is 2. The highest BCUT2D eigenvalue weighted by molar-refractivity contribution is 5.95. The van der Waals surface area contributed by atoms with Gasteiger partial charge in [-0.25, -0.2) is 0 Å². The molecule has 0 heterocycles. The summed E-state index contributed by atoms with van der Waals surface area (Å²) in [6, 6.07) is 11.8. The SMILES string of the molecule is Cc1cc(O)ccc1C(=O)NCCOc1ccccc1N.